The Labute approximate surface area is 139 Å². The van der Waals surface area contributed by atoms with Crippen molar-refractivity contribution in [1.82, 2.24) is 0 Å². The molecule has 2 aromatic rings. The van der Waals surface area contributed by atoms with Crippen LogP contribution in [0.1, 0.15) is 29.5 Å². The number of rotatable bonds is 2. The topological polar surface area (TPSA) is 21.3 Å². The van der Waals surface area contributed by atoms with Crippen LogP contribution in [0.2, 0.25) is 0 Å². The number of ether oxygens (including phenoxy) is 1. The molecule has 4 rings (SSSR count). The Bertz CT molecular complexity index is 723. The fourth-order valence-corrected chi connectivity index (χ4v) is 4.03. The lowest BCUT2D eigenvalue weighted by Crippen LogP contribution is -2.29. The zero-order chi connectivity index (χ0) is 15.1. The molecule has 0 saturated heterocycles. The number of anilines is 1. The van der Waals surface area contributed by atoms with Crippen LogP contribution in [0, 0.1) is 5.92 Å². The highest BCUT2D eigenvalue weighted by atomic mass is 79.9. The van der Waals surface area contributed by atoms with Crippen molar-refractivity contribution in [3.8, 4) is 5.75 Å². The van der Waals surface area contributed by atoms with Gasteiger partial charge in [0.1, 0.15) is 5.75 Å². The summed E-state index contributed by atoms with van der Waals surface area (Å²) in [7, 11) is 1.74. The molecule has 22 heavy (non-hydrogen) atoms. The van der Waals surface area contributed by atoms with E-state index < -0.39 is 0 Å². The van der Waals surface area contributed by atoms with E-state index in [1.165, 1.54) is 11.1 Å². The molecule has 2 nitrogen and oxygen atoms in total. The highest BCUT2D eigenvalue weighted by Gasteiger charge is 2.38. The fourth-order valence-electron chi connectivity index (χ4n) is 3.76. The third kappa shape index (κ3) is 2.15. The number of para-hydroxylation sites is 1. The molecule has 2 aliphatic rings. The Hall–Kier alpha value is -1.74. The first-order valence-corrected chi connectivity index (χ1v) is 8.43. The largest absolute Gasteiger partial charge is 0.495 e. The summed E-state index contributed by atoms with van der Waals surface area (Å²) in [5, 5.41) is 3.74. The van der Waals surface area contributed by atoms with E-state index in [-0.39, 0.29) is 0 Å². The summed E-state index contributed by atoms with van der Waals surface area (Å²) in [4.78, 5) is 0. The molecule has 1 N–H and O–H groups in total. The quantitative estimate of drug-likeness (QED) is 0.739. The minimum absolute atomic E-state index is 0.317. The lowest BCUT2D eigenvalue weighted by Gasteiger charge is -2.38. The molecule has 0 saturated carbocycles. The van der Waals surface area contributed by atoms with Gasteiger partial charge in [0.2, 0.25) is 0 Å². The number of allylic oxidation sites excluding steroid dienone is 2. The van der Waals surface area contributed by atoms with Gasteiger partial charge in [-0.1, -0.05) is 52.3 Å². The normalized spacial score (nSPS) is 25.3. The monoisotopic (exact) mass is 355 g/mol. The van der Waals surface area contributed by atoms with Gasteiger partial charge in [-0.25, -0.2) is 0 Å². The Kier molecular flexibility index (Phi) is 3.45. The maximum Gasteiger partial charge on any atom is 0.142 e. The molecule has 0 radical (unpaired) electrons. The average Bonchev–Trinajstić information content (AvgIpc) is 3.04. The number of methoxy groups -OCH3 is 1. The molecule has 3 heteroatoms. The van der Waals surface area contributed by atoms with Gasteiger partial charge in [-0.15, -0.1) is 0 Å². The van der Waals surface area contributed by atoms with E-state index in [4.69, 9.17) is 4.74 Å². The second kappa shape index (κ2) is 5.47. The van der Waals surface area contributed by atoms with Gasteiger partial charge in [0.15, 0.2) is 0 Å². The van der Waals surface area contributed by atoms with E-state index in [0.717, 1.165) is 22.3 Å². The van der Waals surface area contributed by atoms with Crippen LogP contribution in [-0.4, -0.2) is 7.11 Å². The lowest BCUT2D eigenvalue weighted by molar-refractivity contribution is 0.397. The van der Waals surface area contributed by atoms with Crippen molar-refractivity contribution in [3.05, 3.63) is 70.2 Å². The zero-order valence-corrected chi connectivity index (χ0v) is 14.0. The minimum Gasteiger partial charge on any atom is -0.495 e. The zero-order valence-electron chi connectivity index (χ0n) is 12.4. The molecule has 2 aromatic carbocycles. The van der Waals surface area contributed by atoms with Gasteiger partial charge in [-0.05, 0) is 41.7 Å². The van der Waals surface area contributed by atoms with Crippen LogP contribution in [0.25, 0.3) is 0 Å². The number of halogens is 1. The summed E-state index contributed by atoms with van der Waals surface area (Å²) in [6, 6.07) is 15.3. The van der Waals surface area contributed by atoms with Crippen LogP contribution < -0.4 is 10.1 Å². The van der Waals surface area contributed by atoms with Gasteiger partial charge in [0.05, 0.1) is 18.8 Å². The molecule has 0 spiro atoms. The Balaban J connectivity index is 1.81. The summed E-state index contributed by atoms with van der Waals surface area (Å²) >= 11 is 3.52. The second-order valence-corrected chi connectivity index (χ2v) is 6.87. The first-order valence-electron chi connectivity index (χ1n) is 7.63. The number of fused-ring (bicyclic) bond motifs is 3. The number of hydrogen-bond donors (Lipinski definition) is 1. The van der Waals surface area contributed by atoms with Crippen LogP contribution in [0.15, 0.2) is 59.1 Å². The van der Waals surface area contributed by atoms with Crippen LogP contribution in [0.3, 0.4) is 0 Å². The minimum atomic E-state index is 0.317. The van der Waals surface area contributed by atoms with Gasteiger partial charge >= 0.3 is 0 Å². The molecule has 1 heterocycles. The Morgan fingerprint density at radius 2 is 1.95 bits per heavy atom. The van der Waals surface area contributed by atoms with Crippen molar-refractivity contribution in [2.75, 3.05) is 12.4 Å². The highest BCUT2D eigenvalue weighted by Crippen LogP contribution is 2.52. The molecular weight excluding hydrogens is 338 g/mol. The molecule has 112 valence electrons. The summed E-state index contributed by atoms with van der Waals surface area (Å²) in [5.74, 6) is 1.97. The van der Waals surface area contributed by atoms with E-state index in [9.17, 15) is 0 Å². The van der Waals surface area contributed by atoms with Crippen molar-refractivity contribution >= 4 is 21.6 Å². The molecule has 0 fully saturated rings. The van der Waals surface area contributed by atoms with Gasteiger partial charge < -0.3 is 10.1 Å². The number of nitrogens with one attached hydrogen (secondary N) is 1. The van der Waals surface area contributed by atoms with Crippen molar-refractivity contribution in [1.29, 1.82) is 0 Å². The van der Waals surface area contributed by atoms with Crippen LogP contribution in [0.4, 0.5) is 5.69 Å². The Morgan fingerprint density at radius 1 is 1.14 bits per heavy atom. The molecule has 0 unspecified atom stereocenters. The van der Waals surface area contributed by atoms with Gasteiger partial charge in [0, 0.05) is 10.4 Å². The summed E-state index contributed by atoms with van der Waals surface area (Å²) in [6.07, 6.45) is 5.79. The molecular formula is C19H18BrNO. The first-order chi connectivity index (χ1) is 10.8. The molecule has 1 aliphatic heterocycles. The van der Waals surface area contributed by atoms with Crippen molar-refractivity contribution < 1.29 is 4.74 Å². The van der Waals surface area contributed by atoms with E-state index >= 15 is 0 Å². The molecule has 0 bridgehead atoms. The second-order valence-electron chi connectivity index (χ2n) is 5.95. The van der Waals surface area contributed by atoms with E-state index in [1.807, 2.05) is 6.07 Å². The molecule has 3 atom stereocenters. The van der Waals surface area contributed by atoms with E-state index in [0.29, 0.717) is 17.9 Å². The van der Waals surface area contributed by atoms with Crippen LogP contribution in [0.5, 0.6) is 5.75 Å². The first kappa shape index (κ1) is 13.9. The van der Waals surface area contributed by atoms with Crippen LogP contribution >= 0.6 is 15.9 Å². The molecule has 0 amide bonds. The van der Waals surface area contributed by atoms with Crippen molar-refractivity contribution in [3.63, 3.8) is 0 Å². The molecule has 1 aliphatic carbocycles. The predicted octanol–water partition coefficient (Wildman–Crippen LogP) is 5.28. The third-order valence-corrected chi connectivity index (χ3v) is 5.34. The SMILES string of the molecule is COc1cccc2c1N[C@H](c1ccc(Br)cc1)[C@@H]1CC=C[C@H]21. The number of hydrogen-bond acceptors (Lipinski definition) is 2. The number of benzene rings is 2. The van der Waals surface area contributed by atoms with Gasteiger partial charge in [0.25, 0.3) is 0 Å². The fraction of sp³-hybridized carbons (Fsp3) is 0.263. The highest BCUT2D eigenvalue weighted by molar-refractivity contribution is 9.10. The van der Waals surface area contributed by atoms with E-state index in [2.05, 4.69) is 69.8 Å². The summed E-state index contributed by atoms with van der Waals surface area (Å²) in [5.41, 5.74) is 3.83. The standard InChI is InChI=1S/C19H18BrNO/c1-22-17-7-3-6-16-14-4-2-5-15(14)18(21-19(16)17)12-8-10-13(20)11-9-12/h2-4,6-11,14-15,18,21H,5H2,1H3/t14-,15+,18+/m0/s1. The lowest BCUT2D eigenvalue weighted by atomic mass is 9.77. The smallest absolute Gasteiger partial charge is 0.142 e. The summed E-state index contributed by atoms with van der Waals surface area (Å²) < 4.78 is 6.69. The van der Waals surface area contributed by atoms with E-state index in [1.54, 1.807) is 7.11 Å². The van der Waals surface area contributed by atoms with Gasteiger partial charge in [-0.2, -0.15) is 0 Å². The van der Waals surface area contributed by atoms with Crippen molar-refractivity contribution in [2.45, 2.75) is 18.4 Å². The maximum absolute atomic E-state index is 5.57. The predicted molar refractivity (Wildman–Crippen MR) is 93.5 cm³/mol. The third-order valence-electron chi connectivity index (χ3n) is 4.81. The summed E-state index contributed by atoms with van der Waals surface area (Å²) in [6.45, 7) is 0. The Morgan fingerprint density at radius 3 is 2.73 bits per heavy atom. The van der Waals surface area contributed by atoms with Crippen molar-refractivity contribution in [2.24, 2.45) is 5.92 Å². The molecule has 0 aromatic heterocycles. The maximum atomic E-state index is 5.57. The van der Waals surface area contributed by atoms with Gasteiger partial charge in [-0.3, -0.25) is 0 Å². The average molecular weight is 356 g/mol. The van der Waals surface area contributed by atoms with Crippen LogP contribution in [-0.2, 0) is 0 Å².